The molecule has 0 amide bonds. The van der Waals surface area contributed by atoms with Crippen molar-refractivity contribution < 1.29 is 0 Å². The molecule has 4 heteroatoms. The second-order valence-corrected chi connectivity index (χ2v) is 8.18. The highest BCUT2D eigenvalue weighted by Gasteiger charge is 2.09. The number of para-hydroxylation sites is 1. The molecule has 3 N–H and O–H groups in total. The number of nitrogens with one attached hydrogen (secondary N) is 3. The predicted molar refractivity (Wildman–Crippen MR) is 128 cm³/mol. The van der Waals surface area contributed by atoms with Crippen molar-refractivity contribution in [1.29, 1.82) is 0 Å². The molecule has 0 aliphatic heterocycles. The summed E-state index contributed by atoms with van der Waals surface area (Å²) in [7, 11) is 0. The predicted octanol–water partition coefficient (Wildman–Crippen LogP) is 5.49. The number of aromatic nitrogens is 1. The van der Waals surface area contributed by atoms with Crippen molar-refractivity contribution in [2.24, 2.45) is 5.92 Å². The van der Waals surface area contributed by atoms with Crippen LogP contribution in [0.15, 0.2) is 59.4 Å². The molecule has 0 spiro atoms. The number of hydrogen-bond donors (Lipinski definition) is 3. The summed E-state index contributed by atoms with van der Waals surface area (Å²) in [6, 6.07) is 18.3. The van der Waals surface area contributed by atoms with Crippen LogP contribution in [0, 0.1) is 5.92 Å². The number of hydrogen-bond acceptors (Lipinski definition) is 3. The summed E-state index contributed by atoms with van der Waals surface area (Å²) >= 11 is 0. The largest absolute Gasteiger partial charge is 0.371 e. The minimum Gasteiger partial charge on any atom is -0.371 e. The maximum absolute atomic E-state index is 12.3. The molecule has 30 heavy (non-hydrogen) atoms. The first-order chi connectivity index (χ1) is 14.7. The summed E-state index contributed by atoms with van der Waals surface area (Å²) in [4.78, 5) is 15.6. The maximum atomic E-state index is 12.3. The molecular formula is C26H35N3O. The van der Waals surface area contributed by atoms with E-state index in [1.165, 1.54) is 30.4 Å². The summed E-state index contributed by atoms with van der Waals surface area (Å²) in [5, 5.41) is 7.79. The van der Waals surface area contributed by atoms with Gasteiger partial charge in [-0.25, -0.2) is 0 Å². The molecule has 0 saturated heterocycles. The van der Waals surface area contributed by atoms with E-state index in [4.69, 9.17) is 0 Å². The second-order valence-electron chi connectivity index (χ2n) is 8.18. The molecule has 3 rings (SSSR count). The maximum Gasteiger partial charge on any atom is 0.191 e. The van der Waals surface area contributed by atoms with Crippen molar-refractivity contribution in [2.75, 3.05) is 18.4 Å². The van der Waals surface area contributed by atoms with Crippen molar-refractivity contribution in [3.63, 3.8) is 0 Å². The topological polar surface area (TPSA) is 56.9 Å². The van der Waals surface area contributed by atoms with Gasteiger partial charge in [-0.15, -0.1) is 0 Å². The number of H-pyrrole nitrogens is 1. The molecule has 1 unspecified atom stereocenters. The second kappa shape index (κ2) is 11.6. The standard InChI is InChI=1S/C26H35N3O/c1-3-5-9-20-12-14-21(15-13-20)17-27-18-22(8-4-2)19-28-26-16-25(30)23-10-6-7-11-24(23)29-26/h6-7,10-16,22,27H,3-5,8-9,17-19H2,1-2H3,(H2,28,29,30). The minimum absolute atomic E-state index is 0.0550. The van der Waals surface area contributed by atoms with Gasteiger partial charge in [0.15, 0.2) is 5.43 Å². The Balaban J connectivity index is 1.50. The van der Waals surface area contributed by atoms with Crippen molar-refractivity contribution in [2.45, 2.75) is 52.5 Å². The van der Waals surface area contributed by atoms with Crippen LogP contribution in [-0.4, -0.2) is 18.1 Å². The summed E-state index contributed by atoms with van der Waals surface area (Å²) in [6.07, 6.45) is 5.96. The molecule has 0 saturated carbocycles. The SMILES string of the molecule is CCCCc1ccc(CNCC(CCC)CNc2cc(=O)c3ccccc3[nH]2)cc1. The first-order valence-electron chi connectivity index (χ1n) is 11.3. The fraction of sp³-hybridized carbons (Fsp3) is 0.423. The molecule has 3 aromatic rings. The first kappa shape index (κ1) is 22.1. The number of rotatable bonds is 12. The van der Waals surface area contributed by atoms with E-state index in [1.54, 1.807) is 6.07 Å². The van der Waals surface area contributed by atoms with E-state index in [2.05, 4.69) is 53.7 Å². The van der Waals surface area contributed by atoms with E-state index in [-0.39, 0.29) is 5.43 Å². The average molecular weight is 406 g/mol. The van der Waals surface area contributed by atoms with Crippen LogP contribution in [0.5, 0.6) is 0 Å². The number of benzene rings is 2. The third kappa shape index (κ3) is 6.46. The highest BCUT2D eigenvalue weighted by atomic mass is 16.1. The number of unbranched alkanes of at least 4 members (excludes halogenated alkanes) is 1. The summed E-state index contributed by atoms with van der Waals surface area (Å²) in [6.45, 7) is 7.14. The lowest BCUT2D eigenvalue weighted by molar-refractivity contribution is 0.459. The van der Waals surface area contributed by atoms with Gasteiger partial charge in [-0.3, -0.25) is 4.79 Å². The molecule has 160 valence electrons. The Morgan fingerprint density at radius 1 is 0.933 bits per heavy atom. The van der Waals surface area contributed by atoms with Gasteiger partial charge >= 0.3 is 0 Å². The van der Waals surface area contributed by atoms with Gasteiger partial charge in [0.2, 0.25) is 0 Å². The molecule has 2 aromatic carbocycles. The van der Waals surface area contributed by atoms with Crippen LogP contribution in [0.4, 0.5) is 5.82 Å². The average Bonchev–Trinajstić information content (AvgIpc) is 2.77. The van der Waals surface area contributed by atoms with Crippen LogP contribution in [0.25, 0.3) is 10.9 Å². The van der Waals surface area contributed by atoms with Crippen molar-refractivity contribution >= 4 is 16.7 Å². The van der Waals surface area contributed by atoms with Crippen LogP contribution in [-0.2, 0) is 13.0 Å². The quantitative estimate of drug-likeness (QED) is 0.373. The van der Waals surface area contributed by atoms with Crippen LogP contribution in [0.3, 0.4) is 0 Å². The van der Waals surface area contributed by atoms with Gasteiger partial charge in [-0.1, -0.05) is 63.1 Å². The van der Waals surface area contributed by atoms with Crippen molar-refractivity contribution in [1.82, 2.24) is 10.3 Å². The third-order valence-corrected chi connectivity index (χ3v) is 5.62. The van der Waals surface area contributed by atoms with E-state index < -0.39 is 0 Å². The number of pyridine rings is 1. The molecule has 0 fully saturated rings. The van der Waals surface area contributed by atoms with Crippen molar-refractivity contribution in [3.8, 4) is 0 Å². The summed E-state index contributed by atoms with van der Waals surface area (Å²) in [5.41, 5.74) is 3.69. The Kier molecular flexibility index (Phi) is 8.52. The highest BCUT2D eigenvalue weighted by molar-refractivity contribution is 5.79. The lowest BCUT2D eigenvalue weighted by Gasteiger charge is -2.18. The zero-order valence-electron chi connectivity index (χ0n) is 18.3. The molecule has 0 aliphatic carbocycles. The van der Waals surface area contributed by atoms with Gasteiger partial charge in [-0.2, -0.15) is 0 Å². The van der Waals surface area contributed by atoms with Gasteiger partial charge in [0, 0.05) is 24.5 Å². The Hall–Kier alpha value is -2.59. The molecule has 1 aromatic heterocycles. The number of aryl methyl sites for hydroxylation is 1. The van der Waals surface area contributed by atoms with Gasteiger partial charge < -0.3 is 15.6 Å². The Morgan fingerprint density at radius 3 is 2.47 bits per heavy atom. The first-order valence-corrected chi connectivity index (χ1v) is 11.3. The van der Waals surface area contributed by atoms with E-state index in [9.17, 15) is 4.79 Å². The number of aromatic amines is 1. The Labute approximate surface area is 180 Å². The molecule has 0 aliphatic rings. The zero-order valence-corrected chi connectivity index (χ0v) is 18.3. The lowest BCUT2D eigenvalue weighted by Crippen LogP contribution is -2.28. The molecule has 0 radical (unpaired) electrons. The van der Waals surface area contributed by atoms with Gasteiger partial charge in [-0.05, 0) is 55.0 Å². The summed E-state index contributed by atoms with van der Waals surface area (Å²) in [5.74, 6) is 1.30. The minimum atomic E-state index is 0.0550. The monoisotopic (exact) mass is 405 g/mol. The molecule has 1 atom stereocenters. The number of anilines is 1. The molecule has 1 heterocycles. The fourth-order valence-electron chi connectivity index (χ4n) is 3.86. The van der Waals surface area contributed by atoms with Crippen LogP contribution in [0.1, 0.15) is 50.7 Å². The van der Waals surface area contributed by atoms with Crippen LogP contribution >= 0.6 is 0 Å². The zero-order chi connectivity index (χ0) is 21.2. The molecule has 0 bridgehead atoms. The Bertz CT molecular complexity index is 962. The van der Waals surface area contributed by atoms with Gasteiger partial charge in [0.05, 0.1) is 5.52 Å². The van der Waals surface area contributed by atoms with E-state index in [0.29, 0.717) is 5.92 Å². The molecule has 4 nitrogen and oxygen atoms in total. The van der Waals surface area contributed by atoms with E-state index in [1.807, 2.05) is 24.3 Å². The highest BCUT2D eigenvalue weighted by Crippen LogP contribution is 2.13. The number of fused-ring (bicyclic) bond motifs is 1. The van der Waals surface area contributed by atoms with Gasteiger partial charge in [0.1, 0.15) is 5.82 Å². The van der Waals surface area contributed by atoms with E-state index in [0.717, 1.165) is 49.2 Å². The Morgan fingerprint density at radius 2 is 1.70 bits per heavy atom. The molecular weight excluding hydrogens is 370 g/mol. The smallest absolute Gasteiger partial charge is 0.191 e. The fourth-order valence-corrected chi connectivity index (χ4v) is 3.86. The van der Waals surface area contributed by atoms with Crippen molar-refractivity contribution in [3.05, 3.63) is 75.9 Å². The summed E-state index contributed by atoms with van der Waals surface area (Å²) < 4.78 is 0. The van der Waals surface area contributed by atoms with Gasteiger partial charge in [0.25, 0.3) is 0 Å². The van der Waals surface area contributed by atoms with E-state index >= 15 is 0 Å². The van der Waals surface area contributed by atoms with Crippen LogP contribution in [0.2, 0.25) is 0 Å². The lowest BCUT2D eigenvalue weighted by atomic mass is 10.0. The third-order valence-electron chi connectivity index (χ3n) is 5.62. The van der Waals surface area contributed by atoms with Crippen LogP contribution < -0.4 is 16.1 Å². The normalized spacial score (nSPS) is 12.2.